The molecule has 0 aliphatic carbocycles. The van der Waals surface area contributed by atoms with Gasteiger partial charge in [0, 0.05) is 32.4 Å². The zero-order valence-corrected chi connectivity index (χ0v) is 15.3. The number of aliphatic imine (C=N–C) groups is 1. The van der Waals surface area contributed by atoms with E-state index in [0.29, 0.717) is 26.3 Å². The van der Waals surface area contributed by atoms with Crippen LogP contribution >= 0.6 is 0 Å². The Balaban J connectivity index is 2.76. The third-order valence-electron chi connectivity index (χ3n) is 3.45. The van der Waals surface area contributed by atoms with Gasteiger partial charge in [-0.3, -0.25) is 0 Å². The molecule has 0 radical (unpaired) electrons. The minimum Gasteiger partial charge on any atom is -0.491 e. The van der Waals surface area contributed by atoms with Crippen LogP contribution < -0.4 is 15.4 Å². The van der Waals surface area contributed by atoms with Crippen molar-refractivity contribution >= 4 is 5.96 Å². The smallest absolute Gasteiger partial charge is 0.191 e. The van der Waals surface area contributed by atoms with E-state index in [4.69, 9.17) is 14.6 Å². The molecule has 0 saturated heterocycles. The Bertz CT molecular complexity index is 506. The minimum atomic E-state index is 0.155. The van der Waals surface area contributed by atoms with Crippen LogP contribution in [0.15, 0.2) is 23.2 Å². The van der Waals surface area contributed by atoms with E-state index in [1.165, 1.54) is 0 Å². The molecule has 0 spiro atoms. The molecule has 0 fully saturated rings. The van der Waals surface area contributed by atoms with Gasteiger partial charge in [-0.05, 0) is 31.4 Å². The van der Waals surface area contributed by atoms with Gasteiger partial charge in [0.25, 0.3) is 0 Å². The number of hydrogen-bond donors (Lipinski definition) is 3. The van der Waals surface area contributed by atoms with E-state index in [1.807, 2.05) is 32.9 Å². The number of benzene rings is 1. The second-order valence-corrected chi connectivity index (χ2v) is 5.82. The van der Waals surface area contributed by atoms with E-state index in [-0.39, 0.29) is 12.5 Å². The molecule has 6 nitrogen and oxygen atoms in total. The Kier molecular flexibility index (Phi) is 9.88. The fourth-order valence-electron chi connectivity index (χ4n) is 2.00. The first-order valence-electron chi connectivity index (χ1n) is 8.45. The third-order valence-corrected chi connectivity index (χ3v) is 3.45. The van der Waals surface area contributed by atoms with Crippen molar-refractivity contribution in [2.75, 3.05) is 40.0 Å². The lowest BCUT2D eigenvalue weighted by Crippen LogP contribution is -2.39. The molecule has 136 valence electrons. The summed E-state index contributed by atoms with van der Waals surface area (Å²) in [4.78, 5) is 4.61. The van der Waals surface area contributed by atoms with Crippen LogP contribution in [0.4, 0.5) is 0 Å². The first-order chi connectivity index (χ1) is 11.6. The van der Waals surface area contributed by atoms with Gasteiger partial charge in [0.2, 0.25) is 0 Å². The quantitative estimate of drug-likeness (QED) is 0.344. The molecule has 1 rings (SSSR count). The number of methoxy groups -OCH3 is 1. The minimum absolute atomic E-state index is 0.155. The number of nitrogens with zero attached hydrogens (tertiary/aromatic N) is 1. The molecular weight excluding hydrogens is 306 g/mol. The Morgan fingerprint density at radius 3 is 2.75 bits per heavy atom. The summed E-state index contributed by atoms with van der Waals surface area (Å²) < 4.78 is 10.8. The van der Waals surface area contributed by atoms with Gasteiger partial charge in [0.15, 0.2) is 5.96 Å². The molecule has 0 aliphatic rings. The summed E-state index contributed by atoms with van der Waals surface area (Å²) in [6, 6.07) is 6.12. The van der Waals surface area contributed by atoms with Crippen LogP contribution in [-0.4, -0.2) is 51.1 Å². The summed E-state index contributed by atoms with van der Waals surface area (Å²) in [5.41, 5.74) is 2.18. The number of aliphatic hydroxyl groups excluding tert-OH is 1. The molecule has 24 heavy (non-hydrogen) atoms. The molecule has 0 heterocycles. The van der Waals surface area contributed by atoms with Gasteiger partial charge in [-0.15, -0.1) is 0 Å². The Labute approximate surface area is 145 Å². The van der Waals surface area contributed by atoms with E-state index in [9.17, 15) is 0 Å². The molecule has 3 N–H and O–H groups in total. The first kappa shape index (κ1) is 20.3. The van der Waals surface area contributed by atoms with Crippen LogP contribution in [0.3, 0.4) is 0 Å². The average molecular weight is 337 g/mol. The van der Waals surface area contributed by atoms with E-state index < -0.39 is 0 Å². The SMILES string of the molecule is CCNC(=NCc1ccc(C)cc1OCCOC)NCC(C)CO. The predicted octanol–water partition coefficient (Wildman–Crippen LogP) is 1.70. The fraction of sp³-hybridized carbons (Fsp3) is 0.611. The maximum atomic E-state index is 9.12. The van der Waals surface area contributed by atoms with Gasteiger partial charge in [-0.1, -0.05) is 19.1 Å². The summed E-state index contributed by atoms with van der Waals surface area (Å²) in [6.07, 6.45) is 0. The second kappa shape index (κ2) is 11.7. The van der Waals surface area contributed by atoms with Crippen molar-refractivity contribution in [3.05, 3.63) is 29.3 Å². The standard InChI is InChI=1S/C18H31N3O3/c1-5-19-18(20-11-15(3)13-22)21-12-16-7-6-14(2)10-17(16)24-9-8-23-4/h6-7,10,15,22H,5,8-9,11-13H2,1-4H3,(H2,19,20,21). The molecule has 0 saturated carbocycles. The highest BCUT2D eigenvalue weighted by Gasteiger charge is 2.06. The number of aryl methyl sites for hydroxylation is 1. The Morgan fingerprint density at radius 2 is 2.08 bits per heavy atom. The number of guanidine groups is 1. The molecule has 1 atom stereocenters. The number of ether oxygens (including phenoxy) is 2. The summed E-state index contributed by atoms with van der Waals surface area (Å²) in [7, 11) is 1.66. The van der Waals surface area contributed by atoms with E-state index >= 15 is 0 Å². The van der Waals surface area contributed by atoms with E-state index in [2.05, 4.69) is 21.7 Å². The lowest BCUT2D eigenvalue weighted by atomic mass is 10.1. The molecule has 1 aromatic rings. The summed E-state index contributed by atoms with van der Waals surface area (Å²) >= 11 is 0. The van der Waals surface area contributed by atoms with Crippen molar-refractivity contribution in [1.29, 1.82) is 0 Å². The molecular formula is C18H31N3O3. The first-order valence-corrected chi connectivity index (χ1v) is 8.45. The van der Waals surface area contributed by atoms with Crippen molar-refractivity contribution in [2.45, 2.75) is 27.3 Å². The lowest BCUT2D eigenvalue weighted by molar-refractivity contribution is 0.145. The Hall–Kier alpha value is -1.79. The number of nitrogens with one attached hydrogen (secondary N) is 2. The highest BCUT2D eigenvalue weighted by atomic mass is 16.5. The predicted molar refractivity (Wildman–Crippen MR) is 97.6 cm³/mol. The van der Waals surface area contributed by atoms with Crippen LogP contribution in [0.25, 0.3) is 0 Å². The Morgan fingerprint density at radius 1 is 1.29 bits per heavy atom. The molecule has 0 bridgehead atoms. The van der Waals surface area contributed by atoms with E-state index in [0.717, 1.165) is 29.4 Å². The van der Waals surface area contributed by atoms with Gasteiger partial charge < -0.3 is 25.2 Å². The van der Waals surface area contributed by atoms with Gasteiger partial charge in [0.05, 0.1) is 13.2 Å². The number of hydrogen-bond acceptors (Lipinski definition) is 4. The highest BCUT2D eigenvalue weighted by molar-refractivity contribution is 5.79. The van der Waals surface area contributed by atoms with Crippen molar-refractivity contribution in [3.63, 3.8) is 0 Å². The van der Waals surface area contributed by atoms with Crippen molar-refractivity contribution < 1.29 is 14.6 Å². The van der Waals surface area contributed by atoms with Crippen LogP contribution in [-0.2, 0) is 11.3 Å². The van der Waals surface area contributed by atoms with Gasteiger partial charge in [0.1, 0.15) is 12.4 Å². The highest BCUT2D eigenvalue weighted by Crippen LogP contribution is 2.21. The normalized spacial score (nSPS) is 12.8. The van der Waals surface area contributed by atoms with Crippen LogP contribution in [0.5, 0.6) is 5.75 Å². The zero-order valence-electron chi connectivity index (χ0n) is 15.3. The summed E-state index contributed by atoms with van der Waals surface area (Å²) in [5.74, 6) is 1.76. The fourth-order valence-corrected chi connectivity index (χ4v) is 2.00. The second-order valence-electron chi connectivity index (χ2n) is 5.82. The maximum absolute atomic E-state index is 9.12. The molecule has 0 amide bonds. The van der Waals surface area contributed by atoms with Crippen LogP contribution in [0.2, 0.25) is 0 Å². The molecule has 1 aromatic carbocycles. The summed E-state index contributed by atoms with van der Waals surface area (Å²) in [6.45, 7) is 9.25. The third kappa shape index (κ3) is 7.66. The molecule has 6 heteroatoms. The lowest BCUT2D eigenvalue weighted by Gasteiger charge is -2.15. The number of aliphatic hydroxyl groups is 1. The summed E-state index contributed by atoms with van der Waals surface area (Å²) in [5, 5.41) is 15.6. The largest absolute Gasteiger partial charge is 0.491 e. The van der Waals surface area contributed by atoms with Gasteiger partial charge >= 0.3 is 0 Å². The van der Waals surface area contributed by atoms with Gasteiger partial charge in [-0.25, -0.2) is 4.99 Å². The van der Waals surface area contributed by atoms with Crippen molar-refractivity contribution in [1.82, 2.24) is 10.6 Å². The van der Waals surface area contributed by atoms with Crippen LogP contribution in [0.1, 0.15) is 25.0 Å². The molecule has 1 unspecified atom stereocenters. The molecule has 0 aliphatic heterocycles. The maximum Gasteiger partial charge on any atom is 0.191 e. The van der Waals surface area contributed by atoms with Gasteiger partial charge in [-0.2, -0.15) is 0 Å². The topological polar surface area (TPSA) is 75.1 Å². The average Bonchev–Trinajstić information content (AvgIpc) is 2.58. The van der Waals surface area contributed by atoms with Crippen molar-refractivity contribution in [3.8, 4) is 5.75 Å². The van der Waals surface area contributed by atoms with Crippen molar-refractivity contribution in [2.24, 2.45) is 10.9 Å². The monoisotopic (exact) mass is 337 g/mol. The van der Waals surface area contributed by atoms with Crippen LogP contribution in [0, 0.1) is 12.8 Å². The number of rotatable bonds is 10. The molecule has 0 aromatic heterocycles. The van der Waals surface area contributed by atoms with E-state index in [1.54, 1.807) is 7.11 Å². The zero-order chi connectivity index (χ0) is 17.8.